The third-order valence-corrected chi connectivity index (χ3v) is 3.84. The number of fused-ring (bicyclic) bond motifs is 3. The van der Waals surface area contributed by atoms with E-state index in [1.54, 1.807) is 0 Å². The number of aliphatic hydroxyl groups is 3. The first-order chi connectivity index (χ1) is 6.70. The molecule has 5 nitrogen and oxygen atoms in total. The molecule has 0 radical (unpaired) electrons. The van der Waals surface area contributed by atoms with Gasteiger partial charge in [0.2, 0.25) is 0 Å². The number of ether oxygens (including phenoxy) is 2. The van der Waals surface area contributed by atoms with Gasteiger partial charge in [0.15, 0.2) is 6.29 Å². The van der Waals surface area contributed by atoms with Crippen LogP contribution in [0.25, 0.3) is 0 Å². The predicted octanol–water partition coefficient (Wildman–Crippen LogP) is -1.54. The molecule has 14 heavy (non-hydrogen) atoms. The molecule has 0 aromatic rings. The van der Waals surface area contributed by atoms with E-state index in [0.717, 1.165) is 6.42 Å². The van der Waals surface area contributed by atoms with Crippen LogP contribution in [0, 0.1) is 11.8 Å². The molecule has 2 saturated heterocycles. The molecule has 3 N–H and O–H groups in total. The van der Waals surface area contributed by atoms with Crippen LogP contribution in [-0.4, -0.2) is 52.6 Å². The van der Waals surface area contributed by atoms with Crippen molar-refractivity contribution in [2.24, 2.45) is 11.8 Å². The molecule has 0 aromatic heterocycles. The van der Waals surface area contributed by atoms with Gasteiger partial charge in [0.1, 0.15) is 11.7 Å². The summed E-state index contributed by atoms with van der Waals surface area (Å²) < 4.78 is 10.4. The molecule has 6 atom stereocenters. The Morgan fingerprint density at radius 2 is 2.14 bits per heavy atom. The second kappa shape index (κ2) is 2.68. The lowest BCUT2D eigenvalue weighted by Crippen LogP contribution is -2.45. The van der Waals surface area contributed by atoms with Gasteiger partial charge in [-0.3, -0.25) is 0 Å². The SMILES string of the molecule is OC[C@@]12O[C@@H]1[C@@H](O)[C@@H]1CCO[C@@H](O)[C@@H]12. The highest BCUT2D eigenvalue weighted by molar-refractivity contribution is 5.20. The van der Waals surface area contributed by atoms with Crippen LogP contribution in [0.2, 0.25) is 0 Å². The fourth-order valence-corrected chi connectivity index (χ4v) is 3.09. The fraction of sp³-hybridized carbons (Fsp3) is 1.00. The van der Waals surface area contributed by atoms with Crippen molar-refractivity contribution in [2.45, 2.75) is 30.5 Å². The molecule has 1 aliphatic carbocycles. The summed E-state index contributed by atoms with van der Waals surface area (Å²) in [5.74, 6) is -0.272. The summed E-state index contributed by atoms with van der Waals surface area (Å²) in [5.41, 5.74) is -0.732. The van der Waals surface area contributed by atoms with E-state index in [1.165, 1.54) is 0 Å². The van der Waals surface area contributed by atoms with E-state index in [-0.39, 0.29) is 24.5 Å². The van der Waals surface area contributed by atoms with Crippen LogP contribution in [0.1, 0.15) is 6.42 Å². The largest absolute Gasteiger partial charge is 0.393 e. The lowest BCUT2D eigenvalue weighted by Gasteiger charge is -2.35. The van der Waals surface area contributed by atoms with Crippen LogP contribution in [-0.2, 0) is 9.47 Å². The van der Waals surface area contributed by atoms with Crippen molar-refractivity contribution in [1.29, 1.82) is 0 Å². The van der Waals surface area contributed by atoms with Crippen molar-refractivity contribution in [1.82, 2.24) is 0 Å². The van der Waals surface area contributed by atoms with Gasteiger partial charge in [-0.15, -0.1) is 0 Å². The molecule has 0 unspecified atom stereocenters. The summed E-state index contributed by atoms with van der Waals surface area (Å²) >= 11 is 0. The molecular weight excluding hydrogens is 188 g/mol. The minimum absolute atomic E-state index is 0.00431. The zero-order valence-electron chi connectivity index (χ0n) is 7.67. The van der Waals surface area contributed by atoms with Crippen LogP contribution in [0.15, 0.2) is 0 Å². The molecule has 3 fully saturated rings. The summed E-state index contributed by atoms with van der Waals surface area (Å²) in [7, 11) is 0. The van der Waals surface area contributed by atoms with E-state index in [2.05, 4.69) is 0 Å². The Kier molecular flexibility index (Phi) is 1.73. The van der Waals surface area contributed by atoms with Crippen LogP contribution in [0.3, 0.4) is 0 Å². The second-order valence-corrected chi connectivity index (χ2v) is 4.38. The molecule has 2 heterocycles. The van der Waals surface area contributed by atoms with E-state index in [1.807, 2.05) is 0 Å². The Morgan fingerprint density at radius 3 is 2.86 bits per heavy atom. The maximum absolute atomic E-state index is 9.85. The van der Waals surface area contributed by atoms with Gasteiger partial charge in [0.25, 0.3) is 0 Å². The van der Waals surface area contributed by atoms with Gasteiger partial charge in [-0.05, 0) is 6.42 Å². The second-order valence-electron chi connectivity index (χ2n) is 4.38. The topological polar surface area (TPSA) is 82.5 Å². The zero-order chi connectivity index (χ0) is 9.92. The molecule has 80 valence electrons. The molecule has 0 spiro atoms. The van der Waals surface area contributed by atoms with Crippen LogP contribution < -0.4 is 0 Å². The quantitative estimate of drug-likeness (QED) is 0.449. The average molecular weight is 202 g/mol. The van der Waals surface area contributed by atoms with Gasteiger partial charge in [-0.2, -0.15) is 0 Å². The highest BCUT2D eigenvalue weighted by Gasteiger charge is 2.75. The van der Waals surface area contributed by atoms with Gasteiger partial charge < -0.3 is 24.8 Å². The van der Waals surface area contributed by atoms with E-state index < -0.39 is 18.0 Å². The minimum Gasteiger partial charge on any atom is -0.393 e. The van der Waals surface area contributed by atoms with Gasteiger partial charge in [0, 0.05) is 11.8 Å². The standard InChI is InChI=1S/C9H14O5/c10-3-9-5-4(1-2-13-8(5)12)6(11)7(9)14-9/h4-8,10-12H,1-3H2/t4-,5-,6+,7-,8-,9+/m1/s1. The number of aliphatic hydroxyl groups excluding tert-OH is 3. The molecule has 0 bridgehead atoms. The van der Waals surface area contributed by atoms with E-state index >= 15 is 0 Å². The maximum Gasteiger partial charge on any atom is 0.160 e. The number of hydrogen-bond acceptors (Lipinski definition) is 5. The van der Waals surface area contributed by atoms with E-state index in [4.69, 9.17) is 9.47 Å². The predicted molar refractivity (Wildman–Crippen MR) is 44.3 cm³/mol. The van der Waals surface area contributed by atoms with Crippen molar-refractivity contribution < 1.29 is 24.8 Å². The molecular formula is C9H14O5. The molecule has 0 aromatic carbocycles. The summed E-state index contributed by atoms with van der Waals surface area (Å²) in [4.78, 5) is 0. The fourth-order valence-electron chi connectivity index (χ4n) is 3.09. The van der Waals surface area contributed by atoms with Crippen molar-refractivity contribution >= 4 is 0 Å². The average Bonchev–Trinajstić information content (AvgIpc) is 2.87. The van der Waals surface area contributed by atoms with Gasteiger partial charge >= 0.3 is 0 Å². The first-order valence-corrected chi connectivity index (χ1v) is 4.97. The lowest BCUT2D eigenvalue weighted by atomic mass is 9.83. The van der Waals surface area contributed by atoms with Gasteiger partial charge in [0.05, 0.1) is 19.3 Å². The summed E-state index contributed by atoms with van der Waals surface area (Å²) in [6.07, 6.45) is -1.06. The van der Waals surface area contributed by atoms with Gasteiger partial charge in [-0.25, -0.2) is 0 Å². The molecule has 3 rings (SSSR count). The monoisotopic (exact) mass is 202 g/mol. The Labute approximate surface area is 81.3 Å². The first-order valence-electron chi connectivity index (χ1n) is 4.97. The Balaban J connectivity index is 1.92. The van der Waals surface area contributed by atoms with Crippen LogP contribution in [0.4, 0.5) is 0 Å². The van der Waals surface area contributed by atoms with Crippen molar-refractivity contribution in [3.8, 4) is 0 Å². The van der Waals surface area contributed by atoms with Crippen molar-refractivity contribution in [3.05, 3.63) is 0 Å². The van der Waals surface area contributed by atoms with Crippen LogP contribution >= 0.6 is 0 Å². The lowest BCUT2D eigenvalue weighted by molar-refractivity contribution is -0.205. The third kappa shape index (κ3) is 0.869. The minimum atomic E-state index is -0.914. The molecule has 2 aliphatic heterocycles. The van der Waals surface area contributed by atoms with Gasteiger partial charge in [-0.1, -0.05) is 0 Å². The molecule has 3 aliphatic rings. The van der Waals surface area contributed by atoms with E-state index in [9.17, 15) is 15.3 Å². The Hall–Kier alpha value is -0.200. The normalized spacial score (nSPS) is 60.6. The van der Waals surface area contributed by atoms with E-state index in [0.29, 0.717) is 6.61 Å². The summed E-state index contributed by atoms with van der Waals surface area (Å²) in [6, 6.07) is 0. The van der Waals surface area contributed by atoms with Crippen molar-refractivity contribution in [3.63, 3.8) is 0 Å². The highest BCUT2D eigenvalue weighted by Crippen LogP contribution is 2.59. The number of epoxide rings is 1. The first kappa shape index (κ1) is 9.06. The smallest absolute Gasteiger partial charge is 0.160 e. The number of hydrogen-bond donors (Lipinski definition) is 3. The zero-order valence-corrected chi connectivity index (χ0v) is 7.67. The Morgan fingerprint density at radius 1 is 1.36 bits per heavy atom. The molecule has 5 heteroatoms. The van der Waals surface area contributed by atoms with Crippen LogP contribution in [0.5, 0.6) is 0 Å². The van der Waals surface area contributed by atoms with Crippen molar-refractivity contribution in [2.75, 3.05) is 13.2 Å². The summed E-state index contributed by atoms with van der Waals surface area (Å²) in [6.45, 7) is 0.309. The maximum atomic E-state index is 9.85. The summed E-state index contributed by atoms with van der Waals surface area (Å²) in [5, 5.41) is 28.8. The number of rotatable bonds is 1. The highest BCUT2D eigenvalue weighted by atomic mass is 16.7. The third-order valence-electron chi connectivity index (χ3n) is 3.84. The Bertz CT molecular complexity index is 258. The molecule has 0 amide bonds. The molecule has 1 saturated carbocycles.